The Morgan fingerprint density at radius 1 is 1.03 bits per heavy atom. The molecule has 2 aliphatic rings. The van der Waals surface area contributed by atoms with Crippen LogP contribution in [0.1, 0.15) is 16.8 Å². The van der Waals surface area contributed by atoms with E-state index in [0.29, 0.717) is 18.7 Å². The number of nitrogens with one attached hydrogen (secondary N) is 1. The zero-order valence-corrected chi connectivity index (χ0v) is 18.5. The van der Waals surface area contributed by atoms with Gasteiger partial charge >= 0.3 is 6.18 Å². The lowest BCUT2D eigenvalue weighted by atomic mass is 9.82. The van der Waals surface area contributed by atoms with Crippen LogP contribution in [0.3, 0.4) is 0 Å². The van der Waals surface area contributed by atoms with Crippen molar-refractivity contribution >= 4 is 17.3 Å². The van der Waals surface area contributed by atoms with Crippen LogP contribution in [0.2, 0.25) is 0 Å². The predicted molar refractivity (Wildman–Crippen MR) is 125 cm³/mol. The fourth-order valence-electron chi connectivity index (χ4n) is 4.98. The lowest BCUT2D eigenvalue weighted by Gasteiger charge is -2.49. The van der Waals surface area contributed by atoms with E-state index < -0.39 is 17.7 Å². The molecule has 2 aromatic carbocycles. The molecular formula is C26H25F3N4O. The number of nitrogens with zero attached hydrogens (tertiary/aromatic N) is 3. The Balaban J connectivity index is 1.44. The third-order valence-electron chi connectivity index (χ3n) is 6.67. The molecule has 3 aromatic rings. The molecule has 1 aromatic heterocycles. The van der Waals surface area contributed by atoms with Crippen LogP contribution < -0.4 is 15.1 Å². The van der Waals surface area contributed by atoms with E-state index in [1.807, 2.05) is 42.5 Å². The van der Waals surface area contributed by atoms with Crippen LogP contribution in [0.15, 0.2) is 72.9 Å². The molecule has 176 valence electrons. The van der Waals surface area contributed by atoms with E-state index in [4.69, 9.17) is 0 Å². The van der Waals surface area contributed by atoms with Gasteiger partial charge in [0.2, 0.25) is 5.91 Å². The first-order chi connectivity index (χ1) is 16.4. The highest BCUT2D eigenvalue weighted by Crippen LogP contribution is 2.40. The van der Waals surface area contributed by atoms with Gasteiger partial charge in [0.1, 0.15) is 0 Å². The Bertz CT molecular complexity index is 1150. The second-order valence-electron chi connectivity index (χ2n) is 8.73. The summed E-state index contributed by atoms with van der Waals surface area (Å²) in [6.07, 6.45) is -2.50. The van der Waals surface area contributed by atoms with Gasteiger partial charge in [0.05, 0.1) is 29.8 Å². The fraction of sp³-hybridized carbons (Fsp3) is 0.308. The summed E-state index contributed by atoms with van der Waals surface area (Å²) in [6.45, 7) is 2.25. The van der Waals surface area contributed by atoms with E-state index >= 15 is 0 Å². The summed E-state index contributed by atoms with van der Waals surface area (Å²) in [5.74, 6) is -0.648. The summed E-state index contributed by atoms with van der Waals surface area (Å²) < 4.78 is 40.2. The molecule has 3 heterocycles. The largest absolute Gasteiger partial charge is 0.416 e. The minimum atomic E-state index is -4.42. The molecule has 34 heavy (non-hydrogen) atoms. The number of para-hydroxylation sites is 1. The topological polar surface area (TPSA) is 48.5 Å². The van der Waals surface area contributed by atoms with Crippen LogP contribution in [-0.4, -0.2) is 36.6 Å². The second kappa shape index (κ2) is 9.00. The number of benzene rings is 2. The molecule has 0 spiro atoms. The number of alkyl halides is 3. The summed E-state index contributed by atoms with van der Waals surface area (Å²) in [4.78, 5) is 22.0. The van der Waals surface area contributed by atoms with Crippen molar-refractivity contribution in [1.82, 2.24) is 10.3 Å². The van der Waals surface area contributed by atoms with E-state index in [1.165, 1.54) is 6.07 Å². The van der Waals surface area contributed by atoms with Gasteiger partial charge in [-0.15, -0.1) is 0 Å². The van der Waals surface area contributed by atoms with Gasteiger partial charge in [-0.1, -0.05) is 24.3 Å². The first kappa shape index (κ1) is 22.3. The lowest BCUT2D eigenvalue weighted by molar-refractivity contribution is -0.137. The molecule has 0 radical (unpaired) electrons. The van der Waals surface area contributed by atoms with Crippen molar-refractivity contribution in [3.8, 4) is 0 Å². The summed E-state index contributed by atoms with van der Waals surface area (Å²) in [5, 5.41) is 2.96. The second-order valence-corrected chi connectivity index (χ2v) is 8.73. The first-order valence-corrected chi connectivity index (χ1v) is 11.3. The average Bonchev–Trinajstić information content (AvgIpc) is 2.86. The number of pyridine rings is 1. The van der Waals surface area contributed by atoms with Crippen LogP contribution in [0.4, 0.5) is 24.5 Å². The van der Waals surface area contributed by atoms with E-state index in [1.54, 1.807) is 18.3 Å². The van der Waals surface area contributed by atoms with Crippen molar-refractivity contribution in [2.75, 3.05) is 29.4 Å². The zero-order valence-electron chi connectivity index (χ0n) is 18.5. The smallest absolute Gasteiger partial charge is 0.368 e. The summed E-state index contributed by atoms with van der Waals surface area (Å²) in [7, 11) is 0. The zero-order chi connectivity index (χ0) is 23.7. The van der Waals surface area contributed by atoms with Crippen LogP contribution in [0.5, 0.6) is 0 Å². The van der Waals surface area contributed by atoms with Crippen LogP contribution >= 0.6 is 0 Å². The molecule has 5 rings (SSSR count). The Kier molecular flexibility index (Phi) is 5.89. The van der Waals surface area contributed by atoms with Crippen molar-refractivity contribution in [2.45, 2.75) is 25.2 Å². The number of rotatable bonds is 4. The number of carbonyl (C=O) groups is 1. The number of hydrogen-bond acceptors (Lipinski definition) is 4. The maximum absolute atomic E-state index is 13.4. The van der Waals surface area contributed by atoms with Gasteiger partial charge in [0, 0.05) is 37.2 Å². The van der Waals surface area contributed by atoms with Gasteiger partial charge in [-0.2, -0.15) is 13.2 Å². The van der Waals surface area contributed by atoms with E-state index in [2.05, 4.69) is 20.1 Å². The Labute approximate surface area is 196 Å². The molecule has 8 heteroatoms. The number of hydrogen-bond donors (Lipinski definition) is 1. The van der Waals surface area contributed by atoms with Crippen LogP contribution in [0.25, 0.3) is 0 Å². The number of aromatic nitrogens is 1. The highest BCUT2D eigenvalue weighted by molar-refractivity contribution is 5.82. The molecule has 1 N–H and O–H groups in total. The molecule has 5 nitrogen and oxygen atoms in total. The van der Waals surface area contributed by atoms with E-state index in [-0.39, 0.29) is 24.9 Å². The van der Waals surface area contributed by atoms with Crippen molar-refractivity contribution < 1.29 is 18.0 Å². The molecule has 0 unspecified atom stereocenters. The predicted octanol–water partition coefficient (Wildman–Crippen LogP) is 4.28. The number of carbonyl (C=O) groups excluding carboxylic acids is 1. The molecular weight excluding hydrogens is 441 g/mol. The van der Waals surface area contributed by atoms with Gasteiger partial charge < -0.3 is 15.1 Å². The monoisotopic (exact) mass is 466 g/mol. The molecule has 0 saturated carbocycles. The number of halogens is 3. The minimum absolute atomic E-state index is 0.151. The van der Waals surface area contributed by atoms with Gasteiger partial charge in [-0.25, -0.2) is 0 Å². The van der Waals surface area contributed by atoms with Crippen molar-refractivity contribution in [1.29, 1.82) is 0 Å². The maximum Gasteiger partial charge on any atom is 0.416 e. The summed E-state index contributed by atoms with van der Waals surface area (Å²) >= 11 is 0. The SMILES string of the molecule is O=C(NCc1ccccn1)[C@H]1Cc2cc(C(F)(F)F)ccc2N2CCN(c3ccccc3)C[C@H]12. The Hall–Kier alpha value is -3.55. The maximum atomic E-state index is 13.4. The van der Waals surface area contributed by atoms with Crippen LogP contribution in [-0.2, 0) is 23.9 Å². The first-order valence-electron chi connectivity index (χ1n) is 11.3. The normalized spacial score (nSPS) is 19.9. The number of fused-ring (bicyclic) bond motifs is 3. The number of amides is 1. The van der Waals surface area contributed by atoms with Crippen molar-refractivity contribution in [3.63, 3.8) is 0 Å². The number of piperazine rings is 1. The lowest BCUT2D eigenvalue weighted by Crippen LogP contribution is -2.61. The van der Waals surface area contributed by atoms with E-state index in [9.17, 15) is 18.0 Å². The van der Waals surface area contributed by atoms with Gasteiger partial charge in [-0.3, -0.25) is 9.78 Å². The van der Waals surface area contributed by atoms with Gasteiger partial charge in [0.15, 0.2) is 0 Å². The van der Waals surface area contributed by atoms with Crippen molar-refractivity contribution in [2.24, 2.45) is 5.92 Å². The fourth-order valence-corrected chi connectivity index (χ4v) is 4.98. The summed E-state index contributed by atoms with van der Waals surface area (Å²) in [6, 6.07) is 19.2. The molecule has 2 aliphatic heterocycles. The van der Waals surface area contributed by atoms with Gasteiger partial charge in [0.25, 0.3) is 0 Å². The standard InChI is InChI=1S/C26H25F3N4O/c27-26(28,29)19-9-10-23-18(14-19)15-22(25(34)31-16-20-6-4-5-11-30-20)24-17-32(12-13-33(23)24)21-7-2-1-3-8-21/h1-11,14,22,24H,12-13,15-17H2,(H,31,34)/t22-,24+/m0/s1. The molecule has 0 bridgehead atoms. The highest BCUT2D eigenvalue weighted by Gasteiger charge is 2.42. The summed E-state index contributed by atoms with van der Waals surface area (Å²) in [5.41, 5.74) is 2.49. The van der Waals surface area contributed by atoms with Gasteiger partial charge in [-0.05, 0) is 54.4 Å². The Morgan fingerprint density at radius 3 is 2.56 bits per heavy atom. The Morgan fingerprint density at radius 2 is 1.82 bits per heavy atom. The third kappa shape index (κ3) is 4.44. The van der Waals surface area contributed by atoms with Crippen LogP contribution in [0, 0.1) is 5.92 Å². The quantitative estimate of drug-likeness (QED) is 0.624. The van der Waals surface area contributed by atoms with Crippen molar-refractivity contribution in [3.05, 3.63) is 89.7 Å². The molecule has 1 saturated heterocycles. The minimum Gasteiger partial charge on any atom is -0.368 e. The third-order valence-corrected chi connectivity index (χ3v) is 6.67. The number of anilines is 2. The molecule has 2 atom stereocenters. The average molecular weight is 467 g/mol. The molecule has 1 fully saturated rings. The highest BCUT2D eigenvalue weighted by atomic mass is 19.4. The molecule has 0 aliphatic carbocycles. The van der Waals surface area contributed by atoms with E-state index in [0.717, 1.165) is 29.7 Å². The molecule has 1 amide bonds.